The van der Waals surface area contributed by atoms with Crippen molar-refractivity contribution in [3.8, 4) is 10.6 Å². The molecule has 1 aliphatic rings. The van der Waals surface area contributed by atoms with Gasteiger partial charge in [0, 0.05) is 30.2 Å². The Balaban J connectivity index is 1.31. The Hall–Kier alpha value is -4.05. The lowest BCUT2D eigenvalue weighted by molar-refractivity contribution is -0.143. The number of fused-ring (bicyclic) bond motifs is 1. The van der Waals surface area contributed by atoms with Crippen LogP contribution in [0.2, 0.25) is 0 Å². The van der Waals surface area contributed by atoms with E-state index in [1.54, 1.807) is 29.5 Å². The van der Waals surface area contributed by atoms with Crippen molar-refractivity contribution in [1.82, 2.24) is 4.98 Å². The zero-order valence-electron chi connectivity index (χ0n) is 23.0. The Morgan fingerprint density at radius 2 is 1.85 bits per heavy atom. The smallest absolute Gasteiger partial charge is 0.337 e. The molecule has 212 valence electrons. The SMILES string of the molecule is COC(=O)c1ccc([C@@H]2C=C(C(=O)Nc3ccc(-c4nc5ccc(C)cc5s4)cc3)O[C@H](OCCCCO)C2)cc1. The number of hydrogen-bond donors (Lipinski definition) is 2. The summed E-state index contributed by atoms with van der Waals surface area (Å²) >= 11 is 1.64. The first-order chi connectivity index (χ1) is 19.9. The van der Waals surface area contributed by atoms with E-state index in [4.69, 9.17) is 24.3 Å². The number of nitrogens with zero attached hydrogens (tertiary/aromatic N) is 1. The zero-order valence-corrected chi connectivity index (χ0v) is 23.8. The van der Waals surface area contributed by atoms with Gasteiger partial charge in [0.2, 0.25) is 6.29 Å². The topological polar surface area (TPSA) is 107 Å². The summed E-state index contributed by atoms with van der Waals surface area (Å²) in [4.78, 5) is 29.9. The number of methoxy groups -OCH3 is 1. The van der Waals surface area contributed by atoms with Crippen molar-refractivity contribution >= 4 is 39.1 Å². The lowest BCUT2D eigenvalue weighted by Gasteiger charge is -2.29. The van der Waals surface area contributed by atoms with Crippen molar-refractivity contribution in [3.63, 3.8) is 0 Å². The van der Waals surface area contributed by atoms with Crippen LogP contribution in [0.3, 0.4) is 0 Å². The lowest BCUT2D eigenvalue weighted by atomic mass is 9.92. The van der Waals surface area contributed by atoms with Crippen molar-refractivity contribution in [3.05, 3.63) is 95.3 Å². The molecule has 0 radical (unpaired) electrons. The van der Waals surface area contributed by atoms with Gasteiger partial charge in [-0.1, -0.05) is 18.2 Å². The summed E-state index contributed by atoms with van der Waals surface area (Å²) in [5, 5.41) is 12.9. The summed E-state index contributed by atoms with van der Waals surface area (Å²) in [5.74, 6) is -0.790. The van der Waals surface area contributed by atoms with Gasteiger partial charge in [0.15, 0.2) is 5.76 Å². The first kappa shape index (κ1) is 28.5. The number of hydrogen-bond acceptors (Lipinski definition) is 8. The van der Waals surface area contributed by atoms with Gasteiger partial charge in [0.1, 0.15) is 5.01 Å². The summed E-state index contributed by atoms with van der Waals surface area (Å²) in [6, 6.07) is 20.9. The summed E-state index contributed by atoms with van der Waals surface area (Å²) in [7, 11) is 1.34. The summed E-state index contributed by atoms with van der Waals surface area (Å²) in [5.41, 5.74) is 5.14. The highest BCUT2D eigenvalue weighted by molar-refractivity contribution is 7.21. The van der Waals surface area contributed by atoms with Gasteiger partial charge in [-0.25, -0.2) is 9.78 Å². The quantitative estimate of drug-likeness (QED) is 0.172. The van der Waals surface area contributed by atoms with Crippen molar-refractivity contribution in [2.45, 2.75) is 38.4 Å². The molecular weight excluding hydrogens is 540 g/mol. The summed E-state index contributed by atoms with van der Waals surface area (Å²) in [6.45, 7) is 2.56. The molecule has 0 bridgehead atoms. The van der Waals surface area contributed by atoms with Crippen LogP contribution in [0.4, 0.5) is 5.69 Å². The van der Waals surface area contributed by atoms with Gasteiger partial charge in [-0.3, -0.25) is 4.79 Å². The van der Waals surface area contributed by atoms with Crippen LogP contribution in [-0.4, -0.2) is 48.6 Å². The molecule has 41 heavy (non-hydrogen) atoms. The Kier molecular flexibility index (Phi) is 9.08. The Morgan fingerprint density at radius 3 is 2.59 bits per heavy atom. The number of aryl methyl sites for hydroxylation is 1. The molecule has 2 N–H and O–H groups in total. The highest BCUT2D eigenvalue weighted by Gasteiger charge is 2.29. The molecule has 0 fully saturated rings. The second-order valence-corrected chi connectivity index (χ2v) is 10.9. The molecule has 0 aliphatic carbocycles. The van der Waals surface area contributed by atoms with E-state index in [0.29, 0.717) is 37.1 Å². The van der Waals surface area contributed by atoms with Crippen molar-refractivity contribution in [1.29, 1.82) is 0 Å². The number of esters is 1. The fraction of sp³-hybridized carbons (Fsp3) is 0.281. The van der Waals surface area contributed by atoms with E-state index in [0.717, 1.165) is 26.4 Å². The standard InChI is InChI=1S/C32H32N2O6S/c1-20-5-14-26-28(17-20)41-31(34-26)22-10-12-25(13-11-22)33-30(36)27-18-24(19-29(40-27)39-16-4-3-15-35)21-6-8-23(9-7-21)32(37)38-2/h5-14,17-18,24,29,35H,3-4,15-16,19H2,1-2H3,(H,33,36)/t24-,29+/m1/s1. The highest BCUT2D eigenvalue weighted by Crippen LogP contribution is 2.33. The number of carbonyl (C=O) groups is 2. The molecule has 0 saturated carbocycles. The molecule has 2 heterocycles. The molecular formula is C32H32N2O6S. The Bertz CT molecular complexity index is 1540. The number of allylic oxidation sites excluding steroid dienone is 1. The molecule has 8 nitrogen and oxygen atoms in total. The fourth-order valence-electron chi connectivity index (χ4n) is 4.61. The molecule has 2 atom stereocenters. The van der Waals surface area contributed by atoms with E-state index in [2.05, 4.69) is 24.4 Å². The van der Waals surface area contributed by atoms with Crippen LogP contribution in [0.5, 0.6) is 0 Å². The average molecular weight is 573 g/mol. The number of nitrogens with one attached hydrogen (secondary N) is 1. The first-order valence-electron chi connectivity index (χ1n) is 13.5. The predicted octanol–water partition coefficient (Wildman–Crippen LogP) is 6.20. The second kappa shape index (κ2) is 13.1. The number of anilines is 1. The van der Waals surface area contributed by atoms with E-state index in [1.165, 1.54) is 12.7 Å². The maximum atomic E-state index is 13.3. The molecule has 1 aromatic heterocycles. The van der Waals surface area contributed by atoms with Crippen molar-refractivity contribution in [2.24, 2.45) is 0 Å². The van der Waals surface area contributed by atoms with E-state index in [9.17, 15) is 9.59 Å². The molecule has 5 rings (SSSR count). The number of unbranched alkanes of at least 4 members (excludes halogenated alkanes) is 1. The third-order valence-electron chi connectivity index (χ3n) is 6.83. The number of benzene rings is 3. The average Bonchev–Trinajstić information content (AvgIpc) is 3.42. The number of carbonyl (C=O) groups excluding carboxylic acids is 2. The molecule has 0 saturated heterocycles. The van der Waals surface area contributed by atoms with Crippen LogP contribution in [0.25, 0.3) is 20.8 Å². The molecule has 4 aromatic rings. The third kappa shape index (κ3) is 7.00. The van der Waals surface area contributed by atoms with Gasteiger partial charge in [-0.15, -0.1) is 11.3 Å². The maximum Gasteiger partial charge on any atom is 0.337 e. The Labute approximate surface area is 242 Å². The largest absolute Gasteiger partial charge is 0.465 e. The van der Waals surface area contributed by atoms with E-state index < -0.39 is 12.3 Å². The summed E-state index contributed by atoms with van der Waals surface area (Å²) in [6.07, 6.45) is 2.97. The summed E-state index contributed by atoms with van der Waals surface area (Å²) < 4.78 is 17.8. The molecule has 0 spiro atoms. The number of amides is 1. The van der Waals surface area contributed by atoms with Crippen molar-refractivity contribution in [2.75, 3.05) is 25.6 Å². The van der Waals surface area contributed by atoms with Crippen LogP contribution < -0.4 is 5.32 Å². The van der Waals surface area contributed by atoms with Gasteiger partial charge < -0.3 is 24.6 Å². The first-order valence-corrected chi connectivity index (χ1v) is 14.3. The predicted molar refractivity (Wildman–Crippen MR) is 159 cm³/mol. The monoisotopic (exact) mass is 572 g/mol. The number of thiazole rings is 1. The van der Waals surface area contributed by atoms with Crippen molar-refractivity contribution < 1.29 is 28.9 Å². The van der Waals surface area contributed by atoms with Gasteiger partial charge in [-0.05, 0) is 85.5 Å². The van der Waals surface area contributed by atoms with E-state index in [1.807, 2.05) is 42.5 Å². The molecule has 0 unspecified atom stereocenters. The minimum absolute atomic E-state index is 0.0923. The lowest BCUT2D eigenvalue weighted by Crippen LogP contribution is -2.29. The van der Waals surface area contributed by atoms with Crippen LogP contribution >= 0.6 is 11.3 Å². The zero-order chi connectivity index (χ0) is 28.8. The molecule has 3 aromatic carbocycles. The minimum Gasteiger partial charge on any atom is -0.465 e. The van der Waals surface area contributed by atoms with Crippen LogP contribution in [0.1, 0.15) is 46.7 Å². The van der Waals surface area contributed by atoms with Crippen LogP contribution in [0.15, 0.2) is 78.6 Å². The van der Waals surface area contributed by atoms with Gasteiger partial charge in [0.05, 0.1) is 29.5 Å². The van der Waals surface area contributed by atoms with Crippen LogP contribution in [-0.2, 0) is 19.0 Å². The maximum absolute atomic E-state index is 13.3. The Morgan fingerprint density at radius 1 is 1.07 bits per heavy atom. The van der Waals surface area contributed by atoms with Gasteiger partial charge >= 0.3 is 5.97 Å². The van der Waals surface area contributed by atoms with Gasteiger partial charge in [0.25, 0.3) is 5.91 Å². The molecule has 9 heteroatoms. The minimum atomic E-state index is -0.630. The van der Waals surface area contributed by atoms with E-state index >= 15 is 0 Å². The highest BCUT2D eigenvalue weighted by atomic mass is 32.1. The number of rotatable bonds is 10. The number of aromatic nitrogens is 1. The fourth-order valence-corrected chi connectivity index (χ4v) is 5.68. The molecule has 1 amide bonds. The van der Waals surface area contributed by atoms with E-state index in [-0.39, 0.29) is 24.2 Å². The van der Waals surface area contributed by atoms with Crippen LogP contribution in [0, 0.1) is 6.92 Å². The number of ether oxygens (including phenoxy) is 3. The number of aliphatic hydroxyl groups excluding tert-OH is 1. The number of aliphatic hydroxyl groups is 1. The third-order valence-corrected chi connectivity index (χ3v) is 7.90. The van der Waals surface area contributed by atoms with Gasteiger partial charge in [-0.2, -0.15) is 0 Å². The second-order valence-electron chi connectivity index (χ2n) is 9.86. The molecule has 1 aliphatic heterocycles. The normalized spacial score (nSPS) is 16.6.